The average molecular weight is 150 g/mol. The van der Waals surface area contributed by atoms with E-state index in [1.807, 2.05) is 0 Å². The molecule has 0 saturated heterocycles. The number of carbonyl (C=O) groups excluding carboxylic acids is 1. The molecule has 0 unspecified atom stereocenters. The molecule has 0 aliphatic carbocycles. The van der Waals surface area contributed by atoms with Gasteiger partial charge in [-0.05, 0) is 6.07 Å². The summed E-state index contributed by atoms with van der Waals surface area (Å²) in [6.07, 6.45) is -0.0212. The van der Waals surface area contributed by atoms with Crippen molar-refractivity contribution in [1.82, 2.24) is 5.73 Å². The number of amides is 1. The quantitative estimate of drug-likeness (QED) is 0.676. The second-order valence-electron chi connectivity index (χ2n) is 2.23. The molecule has 0 fully saturated rings. The fraction of sp³-hybridized carbons (Fsp3) is 0.125. The summed E-state index contributed by atoms with van der Waals surface area (Å²) >= 11 is 0. The standard InChI is InChI=1S/C8H8NO2/c9-8(11)5-6-3-1-2-4-7(6)10/h1-4,9-10H,5H2. The average Bonchev–Trinajstić information content (AvgIpc) is 1.93. The van der Waals surface area contributed by atoms with E-state index in [9.17, 15) is 4.79 Å². The molecule has 3 heteroatoms. The second kappa shape index (κ2) is 3.05. The third-order valence-corrected chi connectivity index (χ3v) is 1.34. The third kappa shape index (κ3) is 1.97. The number of hydrogen-bond acceptors (Lipinski definition) is 2. The van der Waals surface area contributed by atoms with Crippen LogP contribution in [0.3, 0.4) is 0 Å². The number of carbonyl (C=O) groups is 1. The summed E-state index contributed by atoms with van der Waals surface area (Å²) in [5.41, 5.74) is 7.17. The highest BCUT2D eigenvalue weighted by Crippen LogP contribution is 2.15. The molecule has 0 saturated carbocycles. The van der Waals surface area contributed by atoms with Crippen LogP contribution in [0.5, 0.6) is 5.75 Å². The van der Waals surface area contributed by atoms with Crippen molar-refractivity contribution in [3.63, 3.8) is 0 Å². The summed E-state index contributed by atoms with van der Waals surface area (Å²) in [5.74, 6) is -0.611. The highest BCUT2D eigenvalue weighted by Gasteiger charge is 2.02. The van der Waals surface area contributed by atoms with Gasteiger partial charge in [0.2, 0.25) is 5.91 Å². The van der Waals surface area contributed by atoms with Crippen molar-refractivity contribution in [2.45, 2.75) is 6.42 Å². The molecular weight excluding hydrogens is 142 g/mol. The maximum atomic E-state index is 10.3. The van der Waals surface area contributed by atoms with E-state index in [0.29, 0.717) is 5.56 Å². The maximum Gasteiger partial charge on any atom is 0.242 e. The lowest BCUT2D eigenvalue weighted by Crippen LogP contribution is -2.02. The number of nitrogens with one attached hydrogen (secondary N) is 1. The Labute approximate surface area is 64.5 Å². The van der Waals surface area contributed by atoms with Gasteiger partial charge in [0, 0.05) is 5.56 Å². The van der Waals surface area contributed by atoms with Crippen molar-refractivity contribution in [1.29, 1.82) is 0 Å². The van der Waals surface area contributed by atoms with Gasteiger partial charge < -0.3 is 5.11 Å². The molecule has 0 aliphatic heterocycles. The Hall–Kier alpha value is -1.51. The first-order chi connectivity index (χ1) is 5.20. The van der Waals surface area contributed by atoms with Gasteiger partial charge in [0.05, 0.1) is 6.42 Å². The largest absolute Gasteiger partial charge is 0.508 e. The number of phenolic OH excluding ortho intramolecular Hbond substituents is 1. The van der Waals surface area contributed by atoms with Crippen LogP contribution in [0.2, 0.25) is 0 Å². The lowest BCUT2D eigenvalue weighted by molar-refractivity contribution is -0.118. The number of phenols is 1. The molecule has 3 nitrogen and oxygen atoms in total. The van der Waals surface area contributed by atoms with Gasteiger partial charge in [0.1, 0.15) is 5.75 Å². The fourth-order valence-corrected chi connectivity index (χ4v) is 0.833. The second-order valence-corrected chi connectivity index (χ2v) is 2.23. The maximum absolute atomic E-state index is 10.3. The van der Waals surface area contributed by atoms with E-state index in [4.69, 9.17) is 10.8 Å². The Kier molecular flexibility index (Phi) is 2.11. The predicted octanol–water partition coefficient (Wildman–Crippen LogP) is 0.744. The van der Waals surface area contributed by atoms with Crippen molar-refractivity contribution in [3.05, 3.63) is 29.8 Å². The van der Waals surface area contributed by atoms with Crippen LogP contribution in [0.15, 0.2) is 24.3 Å². The van der Waals surface area contributed by atoms with Crippen LogP contribution in [0.1, 0.15) is 5.56 Å². The normalized spacial score (nSPS) is 9.45. The topological polar surface area (TPSA) is 61.1 Å². The van der Waals surface area contributed by atoms with E-state index >= 15 is 0 Å². The minimum Gasteiger partial charge on any atom is -0.508 e. The highest BCUT2D eigenvalue weighted by atomic mass is 16.3. The molecule has 1 radical (unpaired) electrons. The molecule has 1 aromatic rings. The Morgan fingerprint density at radius 2 is 2.09 bits per heavy atom. The predicted molar refractivity (Wildman–Crippen MR) is 39.9 cm³/mol. The number of hydrogen-bond donors (Lipinski definition) is 1. The number of rotatable bonds is 2. The molecule has 57 valence electrons. The van der Waals surface area contributed by atoms with Crippen molar-refractivity contribution in [3.8, 4) is 5.75 Å². The summed E-state index contributed by atoms with van der Waals surface area (Å²) in [6.45, 7) is 0. The zero-order chi connectivity index (χ0) is 8.27. The van der Waals surface area contributed by atoms with Crippen LogP contribution < -0.4 is 5.73 Å². The van der Waals surface area contributed by atoms with E-state index in [0.717, 1.165) is 0 Å². The van der Waals surface area contributed by atoms with Gasteiger partial charge in [-0.2, -0.15) is 0 Å². The van der Waals surface area contributed by atoms with Crippen LogP contribution in [0.25, 0.3) is 0 Å². The van der Waals surface area contributed by atoms with Gasteiger partial charge in [0.25, 0.3) is 0 Å². The summed E-state index contributed by atoms with van der Waals surface area (Å²) < 4.78 is 0. The molecular formula is C8H8NO2. The zero-order valence-electron chi connectivity index (χ0n) is 5.87. The molecule has 0 spiro atoms. The Morgan fingerprint density at radius 3 is 2.64 bits per heavy atom. The lowest BCUT2D eigenvalue weighted by atomic mass is 10.1. The van der Waals surface area contributed by atoms with Gasteiger partial charge >= 0.3 is 0 Å². The zero-order valence-corrected chi connectivity index (χ0v) is 5.87. The van der Waals surface area contributed by atoms with Crippen LogP contribution in [0.4, 0.5) is 0 Å². The molecule has 1 amide bonds. The van der Waals surface area contributed by atoms with Crippen molar-refractivity contribution >= 4 is 5.91 Å². The number of benzene rings is 1. The van der Waals surface area contributed by atoms with Crippen LogP contribution >= 0.6 is 0 Å². The molecule has 1 rings (SSSR count). The van der Waals surface area contributed by atoms with E-state index < -0.39 is 5.91 Å². The van der Waals surface area contributed by atoms with Crippen molar-refractivity contribution < 1.29 is 9.90 Å². The molecule has 11 heavy (non-hydrogen) atoms. The highest BCUT2D eigenvalue weighted by molar-refractivity contribution is 5.76. The first kappa shape index (κ1) is 7.60. The van der Waals surface area contributed by atoms with Crippen LogP contribution in [-0.2, 0) is 11.2 Å². The molecule has 0 bridgehead atoms. The van der Waals surface area contributed by atoms with Gasteiger partial charge in [-0.25, -0.2) is 0 Å². The summed E-state index contributed by atoms with van der Waals surface area (Å²) in [4.78, 5) is 10.3. The minimum atomic E-state index is -0.688. The van der Waals surface area contributed by atoms with E-state index in [-0.39, 0.29) is 12.2 Å². The Morgan fingerprint density at radius 1 is 1.45 bits per heavy atom. The molecule has 1 aromatic carbocycles. The van der Waals surface area contributed by atoms with Gasteiger partial charge in [-0.15, -0.1) is 0 Å². The van der Waals surface area contributed by atoms with Crippen LogP contribution in [-0.4, -0.2) is 11.0 Å². The van der Waals surface area contributed by atoms with Gasteiger partial charge in [-0.3, -0.25) is 10.5 Å². The van der Waals surface area contributed by atoms with Crippen molar-refractivity contribution in [2.24, 2.45) is 0 Å². The van der Waals surface area contributed by atoms with E-state index in [1.165, 1.54) is 6.07 Å². The molecule has 0 aliphatic rings. The molecule has 0 aromatic heterocycles. The summed E-state index contributed by atoms with van der Waals surface area (Å²) in [6, 6.07) is 6.52. The molecule has 2 N–H and O–H groups in total. The lowest BCUT2D eigenvalue weighted by Gasteiger charge is -1.98. The first-order valence-corrected chi connectivity index (χ1v) is 3.21. The van der Waals surface area contributed by atoms with Gasteiger partial charge in [-0.1, -0.05) is 18.2 Å². The molecule has 0 heterocycles. The Bertz CT molecular complexity index is 271. The van der Waals surface area contributed by atoms with E-state index in [1.54, 1.807) is 18.2 Å². The summed E-state index contributed by atoms with van der Waals surface area (Å²) in [7, 11) is 0. The third-order valence-electron chi connectivity index (χ3n) is 1.34. The van der Waals surface area contributed by atoms with Crippen molar-refractivity contribution in [2.75, 3.05) is 0 Å². The first-order valence-electron chi connectivity index (χ1n) is 3.21. The number of para-hydroxylation sites is 1. The van der Waals surface area contributed by atoms with Gasteiger partial charge in [0.15, 0.2) is 0 Å². The fourth-order valence-electron chi connectivity index (χ4n) is 0.833. The monoisotopic (exact) mass is 150 g/mol. The van der Waals surface area contributed by atoms with E-state index in [2.05, 4.69) is 0 Å². The number of aromatic hydroxyl groups is 1. The SMILES string of the molecule is [NH]C(=O)Cc1ccccc1O. The minimum absolute atomic E-state index is 0.0212. The van der Waals surface area contributed by atoms with Crippen LogP contribution in [0, 0.1) is 0 Å². The summed E-state index contributed by atoms with van der Waals surface area (Å²) in [5, 5.41) is 9.12. The molecule has 0 atom stereocenters. The smallest absolute Gasteiger partial charge is 0.242 e. The Balaban J connectivity index is 2.86.